The quantitative estimate of drug-likeness (QED) is 0.357. The van der Waals surface area contributed by atoms with Crippen molar-refractivity contribution >= 4 is 22.5 Å². The van der Waals surface area contributed by atoms with Gasteiger partial charge in [-0.1, -0.05) is 12.1 Å². The van der Waals surface area contributed by atoms with E-state index in [4.69, 9.17) is 5.10 Å². The maximum Gasteiger partial charge on any atom is 0.251 e. The number of hydrogen-bond donors (Lipinski definition) is 2. The van der Waals surface area contributed by atoms with E-state index in [9.17, 15) is 18.7 Å². The zero-order valence-electron chi connectivity index (χ0n) is 19.8. The van der Waals surface area contributed by atoms with Gasteiger partial charge in [0.25, 0.3) is 5.91 Å². The lowest BCUT2D eigenvalue weighted by Crippen LogP contribution is -2.31. The first-order valence-electron chi connectivity index (χ1n) is 12.2. The van der Waals surface area contributed by atoms with Crippen LogP contribution in [-0.4, -0.2) is 41.9 Å². The zero-order chi connectivity index (χ0) is 25.5. The number of aromatic nitrogens is 5. The summed E-state index contributed by atoms with van der Waals surface area (Å²) in [6, 6.07) is 12.1. The van der Waals surface area contributed by atoms with Crippen molar-refractivity contribution in [2.75, 3.05) is 6.54 Å². The van der Waals surface area contributed by atoms with Crippen LogP contribution in [0.25, 0.3) is 27.7 Å². The number of hydrogen-bond acceptors (Lipinski definition) is 5. The average Bonchev–Trinajstić information content (AvgIpc) is 3.57. The summed E-state index contributed by atoms with van der Waals surface area (Å²) in [7, 11) is 0. The number of nitrogens with one attached hydrogen (secondary N) is 1. The van der Waals surface area contributed by atoms with Crippen molar-refractivity contribution in [3.05, 3.63) is 78.4 Å². The Kier molecular flexibility index (Phi) is 5.78. The fourth-order valence-corrected chi connectivity index (χ4v) is 5.11. The van der Waals surface area contributed by atoms with Crippen molar-refractivity contribution < 1.29 is 18.7 Å². The molecular formula is C27H24F2N6O2. The number of nitrogens with zero attached hydrogens (tertiary/aromatic N) is 5. The third kappa shape index (κ3) is 4.39. The number of carbonyl (C=O) groups is 1. The second kappa shape index (κ2) is 9.27. The molecule has 1 aliphatic rings. The molecule has 0 radical (unpaired) electrons. The smallest absolute Gasteiger partial charge is 0.251 e. The second-order valence-corrected chi connectivity index (χ2v) is 9.51. The molecule has 5 aromatic rings. The molecule has 2 aromatic carbocycles. The second-order valence-electron chi connectivity index (χ2n) is 9.51. The zero-order valence-corrected chi connectivity index (χ0v) is 19.8. The molecule has 0 unspecified atom stereocenters. The summed E-state index contributed by atoms with van der Waals surface area (Å²) in [6.07, 6.45) is 9.14. The number of benzene rings is 2. The minimum Gasteiger partial charge on any atom is -0.503 e. The molecule has 10 heteroatoms. The molecule has 0 atom stereocenters. The monoisotopic (exact) mass is 502 g/mol. The number of phenolic OH excluding ortho intramolecular Hbond substituents is 1. The van der Waals surface area contributed by atoms with Crippen LogP contribution in [0.4, 0.5) is 8.78 Å². The maximum absolute atomic E-state index is 13.5. The van der Waals surface area contributed by atoms with Crippen LogP contribution in [0.2, 0.25) is 0 Å². The molecule has 0 saturated heterocycles. The highest BCUT2D eigenvalue weighted by atomic mass is 19.1. The summed E-state index contributed by atoms with van der Waals surface area (Å²) in [6.45, 7) is 0.425. The molecule has 1 aliphatic carbocycles. The van der Waals surface area contributed by atoms with Crippen molar-refractivity contribution in [1.29, 1.82) is 0 Å². The lowest BCUT2D eigenvalue weighted by Gasteiger charge is -2.28. The van der Waals surface area contributed by atoms with Crippen LogP contribution < -0.4 is 5.32 Å². The number of carbonyl (C=O) groups excluding carboxylic acids is 1. The lowest BCUT2D eigenvalue weighted by atomic mass is 9.86. The van der Waals surface area contributed by atoms with Gasteiger partial charge in [0, 0.05) is 35.5 Å². The van der Waals surface area contributed by atoms with E-state index in [1.165, 1.54) is 0 Å². The van der Waals surface area contributed by atoms with Crippen LogP contribution in [0.1, 0.15) is 42.1 Å². The number of phenols is 1. The fraction of sp³-hybridized carbons (Fsp3) is 0.259. The molecule has 3 heterocycles. The number of halogens is 2. The van der Waals surface area contributed by atoms with Crippen molar-refractivity contribution in [2.45, 2.75) is 31.7 Å². The number of amides is 1. The van der Waals surface area contributed by atoms with Gasteiger partial charge in [-0.25, -0.2) is 18.3 Å². The van der Waals surface area contributed by atoms with Crippen molar-refractivity contribution in [2.24, 2.45) is 5.92 Å². The topological polar surface area (TPSA) is 97.3 Å². The largest absolute Gasteiger partial charge is 0.503 e. The minimum atomic E-state index is -1.15. The number of aromatic hydroxyl groups is 1. The summed E-state index contributed by atoms with van der Waals surface area (Å²) in [5, 5.41) is 22.1. The molecule has 6 rings (SSSR count). The van der Waals surface area contributed by atoms with Gasteiger partial charge in [0.05, 0.1) is 11.6 Å². The fourth-order valence-electron chi connectivity index (χ4n) is 5.11. The molecule has 0 bridgehead atoms. The molecular weight excluding hydrogens is 478 g/mol. The maximum atomic E-state index is 13.5. The summed E-state index contributed by atoms with van der Waals surface area (Å²) in [5.41, 5.74) is 3.60. The van der Waals surface area contributed by atoms with Crippen LogP contribution in [0.15, 0.2) is 61.2 Å². The van der Waals surface area contributed by atoms with E-state index in [-0.39, 0.29) is 17.5 Å². The molecule has 188 valence electrons. The van der Waals surface area contributed by atoms with E-state index in [0.717, 1.165) is 65.5 Å². The van der Waals surface area contributed by atoms with Gasteiger partial charge in [0.15, 0.2) is 23.0 Å². The molecule has 3 aromatic heterocycles. The van der Waals surface area contributed by atoms with Crippen LogP contribution in [0, 0.1) is 17.6 Å². The number of pyridine rings is 1. The molecule has 0 aliphatic heterocycles. The van der Waals surface area contributed by atoms with E-state index in [2.05, 4.69) is 39.8 Å². The highest BCUT2D eigenvalue weighted by Gasteiger charge is 2.24. The molecule has 0 spiro atoms. The highest BCUT2D eigenvalue weighted by Crippen LogP contribution is 2.33. The Labute approximate surface area is 210 Å². The molecule has 1 saturated carbocycles. The van der Waals surface area contributed by atoms with Gasteiger partial charge in [-0.2, -0.15) is 10.2 Å². The Hall–Kier alpha value is -4.34. The molecule has 1 fully saturated rings. The standard InChI is InChI=1S/C27H24F2N6O2/c28-22-10-19(11-23(29)25(22)36)27(37)30-13-16-3-7-20(8-4-16)35-14-18-6-5-17(12-24(18)33-35)21-2-1-9-34-26(21)31-15-32-34/h1-2,5-6,9-12,14-16,20,36H,3-4,7-8,13H2,(H,30,37). The van der Waals surface area contributed by atoms with Crippen LogP contribution in [-0.2, 0) is 0 Å². The predicted octanol–water partition coefficient (Wildman–Crippen LogP) is 4.89. The molecule has 2 N–H and O–H groups in total. The van der Waals surface area contributed by atoms with Crippen molar-refractivity contribution in [3.8, 4) is 16.9 Å². The number of rotatable bonds is 5. The van der Waals surface area contributed by atoms with Crippen LogP contribution >= 0.6 is 0 Å². The summed E-state index contributed by atoms with van der Waals surface area (Å²) >= 11 is 0. The van der Waals surface area contributed by atoms with Crippen LogP contribution in [0.3, 0.4) is 0 Å². The first-order valence-corrected chi connectivity index (χ1v) is 12.2. The minimum absolute atomic E-state index is 0.149. The van der Waals surface area contributed by atoms with Crippen molar-refractivity contribution in [3.63, 3.8) is 0 Å². The molecule has 37 heavy (non-hydrogen) atoms. The first-order chi connectivity index (χ1) is 18.0. The first kappa shape index (κ1) is 23.1. The van der Waals surface area contributed by atoms with E-state index in [1.807, 2.05) is 23.0 Å². The third-order valence-electron chi connectivity index (χ3n) is 7.16. The predicted molar refractivity (Wildman–Crippen MR) is 133 cm³/mol. The van der Waals surface area contributed by atoms with Gasteiger partial charge in [-0.05, 0) is 67.5 Å². The van der Waals surface area contributed by atoms with Crippen molar-refractivity contribution in [1.82, 2.24) is 29.7 Å². The van der Waals surface area contributed by atoms with E-state index < -0.39 is 23.3 Å². The van der Waals surface area contributed by atoms with Gasteiger partial charge in [-0.15, -0.1) is 0 Å². The SMILES string of the molecule is O=C(NCC1CCC(n2cc3ccc(-c4cccn5ncnc45)cc3n2)CC1)c1cc(F)c(O)c(F)c1. The lowest BCUT2D eigenvalue weighted by molar-refractivity contribution is 0.0940. The van der Waals surface area contributed by atoms with E-state index in [1.54, 1.807) is 10.8 Å². The summed E-state index contributed by atoms with van der Waals surface area (Å²) in [5.74, 6) is -3.67. The van der Waals surface area contributed by atoms with Gasteiger partial charge < -0.3 is 10.4 Å². The normalized spacial score (nSPS) is 17.9. The Morgan fingerprint density at radius 1 is 1.08 bits per heavy atom. The number of fused-ring (bicyclic) bond motifs is 2. The van der Waals surface area contributed by atoms with E-state index in [0.29, 0.717) is 6.54 Å². The van der Waals surface area contributed by atoms with E-state index >= 15 is 0 Å². The summed E-state index contributed by atoms with van der Waals surface area (Å²) in [4.78, 5) is 16.7. The Morgan fingerprint density at radius 2 is 1.86 bits per heavy atom. The summed E-state index contributed by atoms with van der Waals surface area (Å²) < 4.78 is 30.9. The van der Waals surface area contributed by atoms with Gasteiger partial charge in [0.2, 0.25) is 0 Å². The molecule has 1 amide bonds. The Bertz CT molecular complexity index is 1600. The van der Waals surface area contributed by atoms with Gasteiger partial charge in [-0.3, -0.25) is 9.48 Å². The Morgan fingerprint density at radius 3 is 2.65 bits per heavy atom. The third-order valence-corrected chi connectivity index (χ3v) is 7.16. The highest BCUT2D eigenvalue weighted by molar-refractivity contribution is 5.94. The van der Waals surface area contributed by atoms with Gasteiger partial charge >= 0.3 is 0 Å². The van der Waals surface area contributed by atoms with Crippen LogP contribution in [0.5, 0.6) is 5.75 Å². The average molecular weight is 503 g/mol. The Balaban J connectivity index is 1.10. The van der Waals surface area contributed by atoms with Gasteiger partial charge in [0.1, 0.15) is 6.33 Å². The molecule has 8 nitrogen and oxygen atoms in total.